The number of carbonyl (C=O) groups excluding carboxylic acids is 2. The third kappa shape index (κ3) is 3.64. The SMILES string of the molecule is C=CC(=O)NC(=O)[C@@H]1CCC[C@H]1c1c(Cl)csc1-c1ncc(NC)cn1. The zero-order valence-corrected chi connectivity index (χ0v) is 15.9. The minimum Gasteiger partial charge on any atom is -0.386 e. The van der Waals surface area contributed by atoms with Crippen molar-refractivity contribution in [2.45, 2.75) is 25.2 Å². The summed E-state index contributed by atoms with van der Waals surface area (Å²) in [5, 5.41) is 7.84. The summed E-state index contributed by atoms with van der Waals surface area (Å²) in [4.78, 5) is 33.7. The first-order valence-corrected chi connectivity index (χ1v) is 9.55. The van der Waals surface area contributed by atoms with Crippen LogP contribution >= 0.6 is 22.9 Å². The fraction of sp³-hybridized carbons (Fsp3) is 0.333. The molecule has 2 heterocycles. The largest absolute Gasteiger partial charge is 0.386 e. The van der Waals surface area contributed by atoms with E-state index in [1.165, 1.54) is 11.3 Å². The van der Waals surface area contributed by atoms with Crippen LogP contribution in [0.4, 0.5) is 5.69 Å². The van der Waals surface area contributed by atoms with Gasteiger partial charge in [-0.25, -0.2) is 9.97 Å². The summed E-state index contributed by atoms with van der Waals surface area (Å²) < 4.78 is 0. The molecule has 0 aromatic carbocycles. The molecule has 8 heteroatoms. The van der Waals surface area contributed by atoms with Gasteiger partial charge in [-0.1, -0.05) is 24.6 Å². The van der Waals surface area contributed by atoms with Crippen LogP contribution in [0.15, 0.2) is 30.4 Å². The highest BCUT2D eigenvalue weighted by atomic mass is 35.5. The lowest BCUT2D eigenvalue weighted by molar-refractivity contribution is -0.130. The number of thiophene rings is 1. The Morgan fingerprint density at radius 3 is 2.73 bits per heavy atom. The van der Waals surface area contributed by atoms with Gasteiger partial charge in [0.25, 0.3) is 0 Å². The van der Waals surface area contributed by atoms with E-state index in [0.29, 0.717) is 17.3 Å². The maximum Gasteiger partial charge on any atom is 0.249 e. The lowest BCUT2D eigenvalue weighted by Gasteiger charge is -2.19. The monoisotopic (exact) mass is 390 g/mol. The Morgan fingerprint density at radius 1 is 1.35 bits per heavy atom. The average Bonchev–Trinajstić information content (AvgIpc) is 3.27. The Balaban J connectivity index is 1.92. The van der Waals surface area contributed by atoms with Crippen LogP contribution in [0.5, 0.6) is 0 Å². The maximum absolute atomic E-state index is 12.5. The number of imide groups is 1. The minimum absolute atomic E-state index is 0.0612. The molecule has 2 N–H and O–H groups in total. The standard InChI is InChI=1S/C18H19ClN4O2S/c1-3-14(24)23-18(25)12-6-4-5-11(12)15-13(19)9-26-16(15)17-21-7-10(20-2)8-22-17/h3,7-9,11-12,20H,1,4-6H2,2H3,(H,23,24,25)/t11-,12-/m1/s1. The minimum atomic E-state index is -0.483. The molecule has 0 spiro atoms. The van der Waals surface area contributed by atoms with Crippen LogP contribution in [0.2, 0.25) is 5.02 Å². The van der Waals surface area contributed by atoms with E-state index in [1.807, 2.05) is 5.38 Å². The second kappa shape index (κ2) is 7.97. The van der Waals surface area contributed by atoms with Crippen LogP contribution < -0.4 is 10.6 Å². The predicted octanol–water partition coefficient (Wildman–Crippen LogP) is 3.61. The van der Waals surface area contributed by atoms with Gasteiger partial charge >= 0.3 is 0 Å². The van der Waals surface area contributed by atoms with Crippen molar-refractivity contribution in [3.05, 3.63) is 41.0 Å². The summed E-state index contributed by atoms with van der Waals surface area (Å²) in [6.07, 6.45) is 6.96. The number of nitrogens with zero attached hydrogens (tertiary/aromatic N) is 2. The van der Waals surface area contributed by atoms with Gasteiger partial charge in [0.15, 0.2) is 5.82 Å². The highest BCUT2D eigenvalue weighted by Gasteiger charge is 2.38. The summed E-state index contributed by atoms with van der Waals surface area (Å²) in [5.41, 5.74) is 1.72. The van der Waals surface area contributed by atoms with Crippen molar-refractivity contribution in [1.29, 1.82) is 0 Å². The van der Waals surface area contributed by atoms with E-state index in [-0.39, 0.29) is 17.7 Å². The van der Waals surface area contributed by atoms with Gasteiger partial charge in [-0.3, -0.25) is 14.9 Å². The molecule has 1 aliphatic carbocycles. The molecule has 2 atom stereocenters. The van der Waals surface area contributed by atoms with Crippen LogP contribution in [0.1, 0.15) is 30.7 Å². The van der Waals surface area contributed by atoms with Gasteiger partial charge < -0.3 is 5.32 Å². The lowest BCUT2D eigenvalue weighted by atomic mass is 9.88. The number of hydrogen-bond donors (Lipinski definition) is 2. The molecule has 0 radical (unpaired) electrons. The second-order valence-corrected chi connectivity index (χ2v) is 7.36. The molecule has 2 amide bonds. The first-order chi connectivity index (χ1) is 12.5. The van der Waals surface area contributed by atoms with Crippen molar-refractivity contribution in [3.63, 3.8) is 0 Å². The van der Waals surface area contributed by atoms with Gasteiger partial charge in [0.2, 0.25) is 11.8 Å². The summed E-state index contributed by atoms with van der Waals surface area (Å²) in [6.45, 7) is 3.39. The van der Waals surface area contributed by atoms with Crippen molar-refractivity contribution in [2.24, 2.45) is 5.92 Å². The van der Waals surface area contributed by atoms with E-state index in [9.17, 15) is 9.59 Å². The number of carbonyl (C=O) groups is 2. The van der Waals surface area contributed by atoms with Crippen LogP contribution in [-0.2, 0) is 9.59 Å². The zero-order valence-electron chi connectivity index (χ0n) is 14.3. The predicted molar refractivity (Wildman–Crippen MR) is 103 cm³/mol. The Morgan fingerprint density at radius 2 is 2.08 bits per heavy atom. The first-order valence-electron chi connectivity index (χ1n) is 8.29. The Kier molecular flexibility index (Phi) is 5.68. The number of hydrogen-bond acceptors (Lipinski definition) is 6. The molecule has 136 valence electrons. The van der Waals surface area contributed by atoms with Crippen molar-refractivity contribution >= 4 is 40.4 Å². The zero-order chi connectivity index (χ0) is 18.7. The number of aromatic nitrogens is 2. The van der Waals surface area contributed by atoms with Gasteiger partial charge in [0.1, 0.15) is 0 Å². The molecule has 3 rings (SSSR count). The van der Waals surface area contributed by atoms with E-state index < -0.39 is 5.91 Å². The molecule has 1 aliphatic rings. The number of halogens is 1. The third-order valence-electron chi connectivity index (χ3n) is 4.58. The molecule has 1 saturated carbocycles. The number of rotatable bonds is 5. The molecule has 0 unspecified atom stereocenters. The number of amides is 2. The molecule has 26 heavy (non-hydrogen) atoms. The highest BCUT2D eigenvalue weighted by molar-refractivity contribution is 7.14. The van der Waals surface area contributed by atoms with Crippen molar-refractivity contribution in [2.75, 3.05) is 12.4 Å². The summed E-state index contributed by atoms with van der Waals surface area (Å²) in [7, 11) is 1.80. The van der Waals surface area contributed by atoms with E-state index in [4.69, 9.17) is 11.6 Å². The Hall–Kier alpha value is -2.25. The van der Waals surface area contributed by atoms with E-state index in [2.05, 4.69) is 27.2 Å². The Labute approximate surface area is 160 Å². The lowest BCUT2D eigenvalue weighted by Crippen LogP contribution is -2.35. The van der Waals surface area contributed by atoms with Gasteiger partial charge in [-0.15, -0.1) is 11.3 Å². The Bertz CT molecular complexity index is 834. The molecular formula is C18H19ClN4O2S. The molecule has 0 aliphatic heterocycles. The fourth-order valence-corrected chi connectivity index (χ4v) is 4.70. The normalized spacial score (nSPS) is 19.2. The molecule has 0 saturated heterocycles. The van der Waals surface area contributed by atoms with Crippen molar-refractivity contribution in [3.8, 4) is 10.7 Å². The molecule has 6 nitrogen and oxygen atoms in total. The van der Waals surface area contributed by atoms with Crippen LogP contribution in [0.25, 0.3) is 10.7 Å². The average molecular weight is 391 g/mol. The van der Waals surface area contributed by atoms with E-state index >= 15 is 0 Å². The van der Waals surface area contributed by atoms with Crippen LogP contribution in [0, 0.1) is 5.92 Å². The van der Waals surface area contributed by atoms with Crippen molar-refractivity contribution < 1.29 is 9.59 Å². The third-order valence-corrected chi connectivity index (χ3v) is 6.01. The summed E-state index contributed by atoms with van der Waals surface area (Å²) in [6, 6.07) is 0. The second-order valence-electron chi connectivity index (χ2n) is 6.07. The number of anilines is 1. The summed E-state index contributed by atoms with van der Waals surface area (Å²) in [5.74, 6) is -0.542. The summed E-state index contributed by atoms with van der Waals surface area (Å²) >= 11 is 7.93. The molecule has 2 aromatic rings. The maximum atomic E-state index is 12.5. The first kappa shape index (κ1) is 18.5. The molecular weight excluding hydrogens is 372 g/mol. The fourth-order valence-electron chi connectivity index (χ4n) is 3.32. The van der Waals surface area contributed by atoms with E-state index in [0.717, 1.165) is 35.0 Å². The smallest absolute Gasteiger partial charge is 0.249 e. The molecule has 0 bridgehead atoms. The molecule has 2 aromatic heterocycles. The van der Waals surface area contributed by atoms with Crippen molar-refractivity contribution in [1.82, 2.24) is 15.3 Å². The number of nitrogens with one attached hydrogen (secondary N) is 2. The van der Waals surface area contributed by atoms with E-state index in [1.54, 1.807) is 19.4 Å². The van der Waals surface area contributed by atoms with Gasteiger partial charge in [-0.2, -0.15) is 0 Å². The van der Waals surface area contributed by atoms with Crippen LogP contribution in [-0.4, -0.2) is 28.8 Å². The molecule has 1 fully saturated rings. The topological polar surface area (TPSA) is 84.0 Å². The highest BCUT2D eigenvalue weighted by Crippen LogP contribution is 2.48. The van der Waals surface area contributed by atoms with Crippen LogP contribution in [0.3, 0.4) is 0 Å². The quantitative estimate of drug-likeness (QED) is 0.762. The van der Waals surface area contributed by atoms with Gasteiger partial charge in [0, 0.05) is 18.3 Å². The van der Waals surface area contributed by atoms with Gasteiger partial charge in [-0.05, 0) is 30.4 Å². The van der Waals surface area contributed by atoms with Gasteiger partial charge in [0.05, 0.1) is 28.0 Å².